The highest BCUT2D eigenvalue weighted by atomic mass is 17.2. The van der Waals surface area contributed by atoms with Crippen LogP contribution in [0.3, 0.4) is 0 Å². The average Bonchev–Trinajstić information content (AvgIpc) is 3.81. The molecule has 0 radical (unpaired) electrons. The molecule has 4 aromatic carbocycles. The van der Waals surface area contributed by atoms with Crippen LogP contribution in [0.5, 0.6) is 23.0 Å². The van der Waals surface area contributed by atoms with E-state index in [9.17, 15) is 14.4 Å². The molecule has 0 aromatic heterocycles. The summed E-state index contributed by atoms with van der Waals surface area (Å²) in [6.07, 6.45) is -3.10. The number of hydrogen-bond donors (Lipinski definition) is 0. The van der Waals surface area contributed by atoms with Gasteiger partial charge in [0.1, 0.15) is 43.0 Å². The Balaban J connectivity index is 0.874. The van der Waals surface area contributed by atoms with Crippen LogP contribution in [0, 0.1) is 0 Å². The molecule has 4 aromatic rings. The fourth-order valence-electron chi connectivity index (χ4n) is 5.29. The lowest BCUT2D eigenvalue weighted by atomic mass is 10.1. The van der Waals surface area contributed by atoms with E-state index in [1.165, 1.54) is 55.6 Å². The smallest absolute Gasteiger partial charge is 0.453 e. The molecule has 2 heterocycles. The molecule has 4 atom stereocenters. The number of carbonyl (C=O) groups excluding carboxylic acids is 3. The maximum absolute atomic E-state index is 12.9. The molecule has 6 rings (SSSR count). The number of fused-ring (bicyclic) bond motifs is 1. The van der Waals surface area contributed by atoms with Gasteiger partial charge in [0.05, 0.1) is 31.5 Å². The van der Waals surface area contributed by atoms with E-state index in [1.54, 1.807) is 24.3 Å². The SMILES string of the molecule is CCOCOOc1ccc(COOc2ccc(COO[C@H]3CO[C@@H]4C(OC(=O)c5ccc(OC(=O)c6ccc(OC(=O)OC)cc6)cc5)CO[C@H]34)cc2)cc1. The number of carbonyl (C=O) groups is 3. The summed E-state index contributed by atoms with van der Waals surface area (Å²) in [5.74, 6) is 0.217. The van der Waals surface area contributed by atoms with Gasteiger partial charge in [-0.1, -0.05) is 24.3 Å². The molecule has 0 bridgehead atoms. The third-order valence-corrected chi connectivity index (χ3v) is 8.11. The van der Waals surface area contributed by atoms with E-state index < -0.39 is 42.5 Å². The molecule has 2 aliphatic rings. The molecule has 0 spiro atoms. The van der Waals surface area contributed by atoms with Crippen molar-refractivity contribution >= 4 is 18.1 Å². The molecule has 16 heteroatoms. The van der Waals surface area contributed by atoms with Crippen LogP contribution in [0.25, 0.3) is 0 Å². The number of rotatable bonds is 18. The first-order valence-electron chi connectivity index (χ1n) is 17.1. The fourth-order valence-corrected chi connectivity index (χ4v) is 5.29. The Labute approximate surface area is 315 Å². The van der Waals surface area contributed by atoms with Crippen molar-refractivity contribution < 1.29 is 76.9 Å². The standard InChI is InChI=1S/C39H38O16/c1-3-44-24-49-54-32-14-6-25(7-15-32)20-47-53-31-12-4-26(5-13-31)21-48-55-34-23-46-35-33(22-45-36(34)35)52-38(41)28-8-16-29(17-9-28)50-37(40)27-10-18-30(19-11-27)51-39(42)43-2/h4-19,33-36H,3,20-24H2,1-2H3/t33?,34-,35+,36+/m0/s1. The summed E-state index contributed by atoms with van der Waals surface area (Å²) in [7, 11) is 1.19. The van der Waals surface area contributed by atoms with Crippen molar-refractivity contribution in [2.75, 3.05) is 33.7 Å². The fraction of sp³-hybridized carbons (Fsp3) is 0.308. The van der Waals surface area contributed by atoms with Crippen LogP contribution >= 0.6 is 0 Å². The van der Waals surface area contributed by atoms with Gasteiger partial charge in [0, 0.05) is 6.61 Å². The Kier molecular flexibility index (Phi) is 14.0. The van der Waals surface area contributed by atoms with Gasteiger partial charge in [0.2, 0.25) is 0 Å². The molecule has 0 amide bonds. The normalized spacial score (nSPS) is 18.6. The highest BCUT2D eigenvalue weighted by Crippen LogP contribution is 2.31. The number of benzene rings is 4. The maximum atomic E-state index is 12.9. The Bertz CT molecular complexity index is 1830. The molecule has 1 unspecified atom stereocenters. The predicted octanol–water partition coefficient (Wildman–Crippen LogP) is 5.71. The van der Waals surface area contributed by atoms with E-state index in [2.05, 4.69) is 4.74 Å². The van der Waals surface area contributed by atoms with Crippen molar-refractivity contribution in [1.29, 1.82) is 0 Å². The van der Waals surface area contributed by atoms with Gasteiger partial charge in [0.25, 0.3) is 0 Å². The molecule has 290 valence electrons. The van der Waals surface area contributed by atoms with Crippen LogP contribution < -0.4 is 19.2 Å². The topological polar surface area (TPSA) is 171 Å². The van der Waals surface area contributed by atoms with Gasteiger partial charge in [-0.15, -0.1) is 0 Å². The van der Waals surface area contributed by atoms with E-state index in [-0.39, 0.29) is 55.8 Å². The van der Waals surface area contributed by atoms with Crippen LogP contribution in [0.1, 0.15) is 38.8 Å². The van der Waals surface area contributed by atoms with Crippen molar-refractivity contribution in [2.24, 2.45) is 0 Å². The zero-order chi connectivity index (χ0) is 38.4. The summed E-state index contributed by atoms with van der Waals surface area (Å²) < 4.78 is 37.1. The molecule has 16 nitrogen and oxygen atoms in total. The van der Waals surface area contributed by atoms with E-state index >= 15 is 0 Å². The molecule has 2 saturated heterocycles. The minimum absolute atomic E-state index is 0.0454. The van der Waals surface area contributed by atoms with Crippen LogP contribution in [-0.2, 0) is 56.4 Å². The average molecular weight is 763 g/mol. The number of esters is 2. The minimum Gasteiger partial charge on any atom is -0.453 e. The first-order chi connectivity index (χ1) is 26.9. The van der Waals surface area contributed by atoms with Crippen molar-refractivity contribution in [3.05, 3.63) is 119 Å². The molecule has 55 heavy (non-hydrogen) atoms. The van der Waals surface area contributed by atoms with E-state index in [0.717, 1.165) is 11.1 Å². The highest BCUT2D eigenvalue weighted by Gasteiger charge is 2.50. The summed E-state index contributed by atoms with van der Waals surface area (Å²) >= 11 is 0. The third kappa shape index (κ3) is 11.2. The van der Waals surface area contributed by atoms with Gasteiger partial charge in [0.15, 0.2) is 24.4 Å². The zero-order valence-electron chi connectivity index (χ0n) is 29.8. The van der Waals surface area contributed by atoms with E-state index in [1.807, 2.05) is 31.2 Å². The summed E-state index contributed by atoms with van der Waals surface area (Å²) in [4.78, 5) is 68.6. The van der Waals surface area contributed by atoms with E-state index in [4.69, 9.17) is 57.7 Å². The Morgan fingerprint density at radius 2 is 1.11 bits per heavy atom. The Morgan fingerprint density at radius 1 is 0.600 bits per heavy atom. The molecule has 0 saturated carbocycles. The lowest BCUT2D eigenvalue weighted by molar-refractivity contribution is -0.341. The van der Waals surface area contributed by atoms with Gasteiger partial charge in [-0.25, -0.2) is 24.2 Å². The second-order valence-corrected chi connectivity index (χ2v) is 11.9. The van der Waals surface area contributed by atoms with Crippen LogP contribution in [-0.4, -0.2) is 76.2 Å². The predicted molar refractivity (Wildman–Crippen MR) is 186 cm³/mol. The summed E-state index contributed by atoms with van der Waals surface area (Å²) in [5.41, 5.74) is 2.16. The Hall–Kier alpha value is -5.59. The lowest BCUT2D eigenvalue weighted by Gasteiger charge is -2.17. The van der Waals surface area contributed by atoms with Crippen molar-refractivity contribution in [2.45, 2.75) is 44.6 Å². The largest absolute Gasteiger partial charge is 0.513 e. The van der Waals surface area contributed by atoms with Gasteiger partial charge in [-0.3, -0.25) is 0 Å². The Morgan fingerprint density at radius 3 is 1.71 bits per heavy atom. The zero-order valence-corrected chi connectivity index (χ0v) is 29.8. The first-order valence-corrected chi connectivity index (χ1v) is 17.1. The van der Waals surface area contributed by atoms with Gasteiger partial charge < -0.3 is 42.9 Å². The first kappa shape index (κ1) is 39.1. The number of hydrogen-bond acceptors (Lipinski definition) is 16. The van der Waals surface area contributed by atoms with Gasteiger partial charge in [-0.05, 0) is 90.8 Å². The molecular formula is C39H38O16. The number of ether oxygens (including phenoxy) is 7. The summed E-state index contributed by atoms with van der Waals surface area (Å²) in [6, 6.07) is 25.9. The third-order valence-electron chi connectivity index (χ3n) is 8.11. The van der Waals surface area contributed by atoms with Crippen LogP contribution in [0.15, 0.2) is 97.1 Å². The van der Waals surface area contributed by atoms with Crippen molar-refractivity contribution in [3.8, 4) is 23.0 Å². The molecule has 2 fully saturated rings. The maximum Gasteiger partial charge on any atom is 0.513 e. The lowest BCUT2D eigenvalue weighted by Crippen LogP contribution is -2.35. The van der Waals surface area contributed by atoms with Crippen molar-refractivity contribution in [1.82, 2.24) is 0 Å². The molecule has 2 aliphatic heterocycles. The highest BCUT2D eigenvalue weighted by molar-refractivity contribution is 5.92. The van der Waals surface area contributed by atoms with Gasteiger partial charge in [-0.2, -0.15) is 9.78 Å². The monoisotopic (exact) mass is 762 g/mol. The second-order valence-electron chi connectivity index (χ2n) is 11.9. The number of methoxy groups -OCH3 is 1. The van der Waals surface area contributed by atoms with E-state index in [0.29, 0.717) is 18.1 Å². The van der Waals surface area contributed by atoms with Crippen LogP contribution in [0.2, 0.25) is 0 Å². The summed E-state index contributed by atoms with van der Waals surface area (Å²) in [6.45, 7) is 3.12. The second kappa shape index (κ2) is 19.7. The van der Waals surface area contributed by atoms with Crippen molar-refractivity contribution in [3.63, 3.8) is 0 Å². The summed E-state index contributed by atoms with van der Waals surface area (Å²) in [5, 5.41) is 0. The molecular weight excluding hydrogens is 724 g/mol. The quantitative estimate of drug-likeness (QED) is 0.0230. The van der Waals surface area contributed by atoms with Crippen LogP contribution in [0.4, 0.5) is 4.79 Å². The van der Waals surface area contributed by atoms with Gasteiger partial charge >= 0.3 is 18.1 Å². The molecule has 0 N–H and O–H groups in total. The minimum atomic E-state index is -0.879. The molecule has 0 aliphatic carbocycles.